The van der Waals surface area contributed by atoms with Crippen molar-refractivity contribution in [2.75, 3.05) is 4.90 Å². The lowest BCUT2D eigenvalue weighted by atomic mass is 10.1. The molecule has 3 aromatic carbocycles. The van der Waals surface area contributed by atoms with Crippen molar-refractivity contribution in [2.24, 2.45) is 0 Å². The molecule has 1 aliphatic heterocycles. The Morgan fingerprint density at radius 1 is 0.852 bits per heavy atom. The van der Waals surface area contributed by atoms with Crippen LogP contribution >= 0.6 is 0 Å². The summed E-state index contributed by atoms with van der Waals surface area (Å²) in [5.74, 6) is 0.351. The molecule has 0 saturated carbocycles. The van der Waals surface area contributed by atoms with Crippen molar-refractivity contribution >= 4 is 38.1 Å². The van der Waals surface area contributed by atoms with E-state index in [2.05, 4.69) is 0 Å². The van der Waals surface area contributed by atoms with Crippen LogP contribution in [0.25, 0.3) is 11.0 Å². The average Bonchev–Trinajstić information content (AvgIpc) is 3.03. The highest BCUT2D eigenvalue weighted by atomic mass is 32.2. The van der Waals surface area contributed by atoms with E-state index in [9.17, 15) is 8.42 Å². The fourth-order valence-corrected chi connectivity index (χ4v) is 5.45. The molecule has 0 saturated heterocycles. The number of rotatable bonds is 1. The largest absolute Gasteiger partial charge is 0.438 e. The molecule has 0 amide bonds. The predicted molar refractivity (Wildman–Crippen MR) is 106 cm³/mol. The molecule has 134 valence electrons. The van der Waals surface area contributed by atoms with Crippen LogP contribution in [0, 0.1) is 13.8 Å². The minimum absolute atomic E-state index is 0.239. The first-order valence-corrected chi connectivity index (χ1v) is 10.2. The molecular formula is C22H17NO3S. The molecule has 0 unspecified atom stereocenters. The molecule has 0 radical (unpaired) electrons. The van der Waals surface area contributed by atoms with Crippen molar-refractivity contribution < 1.29 is 12.8 Å². The van der Waals surface area contributed by atoms with Gasteiger partial charge in [0.2, 0.25) is 15.7 Å². The summed E-state index contributed by atoms with van der Waals surface area (Å²) >= 11 is 0. The van der Waals surface area contributed by atoms with Crippen molar-refractivity contribution in [1.82, 2.24) is 0 Å². The van der Waals surface area contributed by atoms with Crippen molar-refractivity contribution in [2.45, 2.75) is 23.6 Å². The molecule has 2 heterocycles. The lowest BCUT2D eigenvalue weighted by molar-refractivity contribution is 0.581. The second-order valence-corrected chi connectivity index (χ2v) is 8.68. The molecule has 0 N–H and O–H groups in total. The number of sulfone groups is 1. The maximum absolute atomic E-state index is 13.5. The molecule has 0 fully saturated rings. The summed E-state index contributed by atoms with van der Waals surface area (Å²) < 4.78 is 33.0. The maximum atomic E-state index is 13.5. The van der Waals surface area contributed by atoms with E-state index in [1.54, 1.807) is 12.1 Å². The Morgan fingerprint density at radius 2 is 1.56 bits per heavy atom. The Bertz CT molecular complexity index is 1320. The Balaban J connectivity index is 1.96. The van der Waals surface area contributed by atoms with Crippen molar-refractivity contribution in [3.05, 3.63) is 77.9 Å². The SMILES string of the molecule is Cc1ccc2oc3c(c2c1)S(=O)(=O)c1ccccc1N3c1ccccc1C. The van der Waals surface area contributed by atoms with Gasteiger partial charge in [-0.05, 0) is 49.7 Å². The number of aryl methyl sites for hydroxylation is 2. The fourth-order valence-electron chi connectivity index (χ4n) is 3.72. The van der Waals surface area contributed by atoms with Gasteiger partial charge >= 0.3 is 0 Å². The van der Waals surface area contributed by atoms with Crippen LogP contribution in [-0.2, 0) is 9.84 Å². The lowest BCUT2D eigenvalue weighted by Crippen LogP contribution is -2.21. The van der Waals surface area contributed by atoms with Gasteiger partial charge in [0.05, 0.1) is 16.3 Å². The van der Waals surface area contributed by atoms with E-state index in [1.165, 1.54) is 0 Å². The van der Waals surface area contributed by atoms with Gasteiger partial charge in [-0.15, -0.1) is 0 Å². The van der Waals surface area contributed by atoms with E-state index in [-0.39, 0.29) is 4.90 Å². The van der Waals surface area contributed by atoms with Crippen LogP contribution in [0.1, 0.15) is 11.1 Å². The Kier molecular flexibility index (Phi) is 3.27. The Hall–Kier alpha value is -3.05. The first kappa shape index (κ1) is 16.1. The minimum Gasteiger partial charge on any atom is -0.438 e. The van der Waals surface area contributed by atoms with Crippen LogP contribution in [-0.4, -0.2) is 8.42 Å². The van der Waals surface area contributed by atoms with Gasteiger partial charge in [0.1, 0.15) is 10.5 Å². The molecule has 4 nitrogen and oxygen atoms in total. The predicted octanol–water partition coefficient (Wildman–Crippen LogP) is 5.67. The summed E-state index contributed by atoms with van der Waals surface area (Å²) in [5.41, 5.74) is 4.10. The third-order valence-corrected chi connectivity index (χ3v) is 6.86. The van der Waals surface area contributed by atoms with Crippen LogP contribution < -0.4 is 4.90 Å². The number of fused-ring (bicyclic) bond motifs is 4. The van der Waals surface area contributed by atoms with Crippen molar-refractivity contribution in [3.8, 4) is 0 Å². The standard InChI is InChI=1S/C22H17NO3S/c1-14-11-12-19-16(13-14)21-22(26-19)23(17-8-4-3-7-15(17)2)18-9-5-6-10-20(18)27(21,24)25/h3-13H,1-2H3. The fraction of sp³-hybridized carbons (Fsp3) is 0.0909. The van der Waals surface area contributed by atoms with Crippen molar-refractivity contribution in [3.63, 3.8) is 0 Å². The normalized spacial score (nSPS) is 14.8. The number of benzene rings is 3. The summed E-state index contributed by atoms with van der Waals surface area (Å²) in [4.78, 5) is 2.45. The second-order valence-electron chi connectivity index (χ2n) is 6.83. The first-order chi connectivity index (χ1) is 13.0. The van der Waals surface area contributed by atoms with Gasteiger partial charge in [0.15, 0.2) is 0 Å². The minimum atomic E-state index is -3.69. The molecule has 0 spiro atoms. The first-order valence-electron chi connectivity index (χ1n) is 8.71. The second kappa shape index (κ2) is 5.47. The van der Waals surface area contributed by atoms with E-state index in [1.807, 2.05) is 73.3 Å². The maximum Gasteiger partial charge on any atom is 0.225 e. The number of nitrogens with zero attached hydrogens (tertiary/aromatic N) is 1. The molecule has 27 heavy (non-hydrogen) atoms. The highest BCUT2D eigenvalue weighted by molar-refractivity contribution is 7.92. The van der Waals surface area contributed by atoms with Crippen LogP contribution in [0.5, 0.6) is 0 Å². The Morgan fingerprint density at radius 3 is 2.33 bits per heavy atom. The zero-order valence-corrected chi connectivity index (χ0v) is 15.7. The third kappa shape index (κ3) is 2.18. The quantitative estimate of drug-likeness (QED) is 0.379. The van der Waals surface area contributed by atoms with E-state index in [4.69, 9.17) is 4.42 Å². The molecule has 5 heteroatoms. The van der Waals surface area contributed by atoms with Crippen LogP contribution in [0.4, 0.5) is 17.3 Å². The highest BCUT2D eigenvalue weighted by Crippen LogP contribution is 2.52. The van der Waals surface area contributed by atoms with Gasteiger partial charge in [0.25, 0.3) is 0 Å². The smallest absolute Gasteiger partial charge is 0.225 e. The van der Waals surface area contributed by atoms with Gasteiger partial charge in [0, 0.05) is 5.39 Å². The molecule has 5 rings (SSSR count). The summed E-state index contributed by atoms with van der Waals surface area (Å²) in [6.07, 6.45) is 0. The van der Waals surface area contributed by atoms with Gasteiger partial charge in [-0.2, -0.15) is 0 Å². The van der Waals surface area contributed by atoms with Crippen molar-refractivity contribution in [1.29, 1.82) is 0 Å². The zero-order chi connectivity index (χ0) is 18.8. The lowest BCUT2D eigenvalue weighted by Gasteiger charge is -2.30. The molecular weight excluding hydrogens is 358 g/mol. The van der Waals surface area contributed by atoms with Crippen LogP contribution in [0.15, 0.2) is 80.9 Å². The van der Waals surface area contributed by atoms with E-state index >= 15 is 0 Å². The van der Waals surface area contributed by atoms with E-state index in [0.717, 1.165) is 16.8 Å². The topological polar surface area (TPSA) is 50.5 Å². The molecule has 4 aromatic rings. The highest BCUT2D eigenvalue weighted by Gasteiger charge is 2.40. The average molecular weight is 375 g/mol. The molecule has 0 bridgehead atoms. The van der Waals surface area contributed by atoms with Gasteiger partial charge in [-0.25, -0.2) is 8.42 Å². The van der Waals surface area contributed by atoms with E-state index < -0.39 is 9.84 Å². The number of hydrogen-bond donors (Lipinski definition) is 0. The van der Waals surface area contributed by atoms with E-state index in [0.29, 0.717) is 27.4 Å². The molecule has 0 aliphatic carbocycles. The number of hydrogen-bond acceptors (Lipinski definition) is 4. The number of para-hydroxylation sites is 2. The summed E-state index contributed by atoms with van der Waals surface area (Å²) in [5, 5.41) is 0.623. The van der Waals surface area contributed by atoms with Gasteiger partial charge in [-0.3, -0.25) is 4.90 Å². The van der Waals surface area contributed by atoms with Gasteiger partial charge in [-0.1, -0.05) is 42.0 Å². The van der Waals surface area contributed by atoms with Gasteiger partial charge < -0.3 is 4.42 Å². The van der Waals surface area contributed by atoms with Crippen LogP contribution in [0.3, 0.4) is 0 Å². The summed E-state index contributed by atoms with van der Waals surface area (Å²) in [6.45, 7) is 3.95. The summed E-state index contributed by atoms with van der Waals surface area (Å²) in [7, 11) is -3.69. The monoisotopic (exact) mass is 375 g/mol. The number of furan rings is 1. The van der Waals surface area contributed by atoms with Crippen LogP contribution in [0.2, 0.25) is 0 Å². The molecule has 1 aliphatic rings. The Labute approximate surface area is 157 Å². The molecule has 1 aromatic heterocycles. The zero-order valence-electron chi connectivity index (χ0n) is 14.9. The third-order valence-electron chi connectivity index (χ3n) is 5.00. The summed E-state index contributed by atoms with van der Waals surface area (Å²) in [6, 6.07) is 20.6. The molecule has 0 atom stereocenters. The number of anilines is 3.